The first kappa shape index (κ1) is 22.7. The van der Waals surface area contributed by atoms with E-state index in [1.807, 2.05) is 18.2 Å². The number of methoxy groups -OCH3 is 2. The van der Waals surface area contributed by atoms with Gasteiger partial charge in [-0.15, -0.1) is 0 Å². The van der Waals surface area contributed by atoms with Crippen molar-refractivity contribution >= 4 is 5.96 Å². The van der Waals surface area contributed by atoms with Gasteiger partial charge in [-0.3, -0.25) is 4.90 Å². The first-order valence-electron chi connectivity index (χ1n) is 10.9. The number of guanidine groups is 1. The lowest BCUT2D eigenvalue weighted by atomic mass is 10.1. The molecule has 0 amide bonds. The SMILES string of the molecule is CCNC(=NCc1ccc(OC)c(O)c1)NCC(c1cccc(OC)c1)N1CCCC1. The summed E-state index contributed by atoms with van der Waals surface area (Å²) in [5.41, 5.74) is 2.16. The molecule has 7 nitrogen and oxygen atoms in total. The zero-order chi connectivity index (χ0) is 22.1. The predicted molar refractivity (Wildman–Crippen MR) is 124 cm³/mol. The zero-order valence-electron chi connectivity index (χ0n) is 18.7. The van der Waals surface area contributed by atoms with Gasteiger partial charge in [0.2, 0.25) is 0 Å². The quantitative estimate of drug-likeness (QED) is 0.422. The average Bonchev–Trinajstić information content (AvgIpc) is 3.32. The summed E-state index contributed by atoms with van der Waals surface area (Å²) in [4.78, 5) is 7.23. The second kappa shape index (κ2) is 11.5. The number of aliphatic imine (C=N–C) groups is 1. The van der Waals surface area contributed by atoms with Crippen LogP contribution in [-0.2, 0) is 6.54 Å². The molecule has 1 aliphatic rings. The van der Waals surface area contributed by atoms with Gasteiger partial charge in [-0.25, -0.2) is 4.99 Å². The van der Waals surface area contributed by atoms with E-state index in [2.05, 4.69) is 34.6 Å². The molecule has 1 unspecified atom stereocenters. The molecule has 1 heterocycles. The maximum Gasteiger partial charge on any atom is 0.191 e. The molecule has 1 saturated heterocycles. The zero-order valence-corrected chi connectivity index (χ0v) is 18.7. The van der Waals surface area contributed by atoms with Crippen LogP contribution in [0.2, 0.25) is 0 Å². The van der Waals surface area contributed by atoms with Crippen LogP contribution in [0.25, 0.3) is 0 Å². The van der Waals surface area contributed by atoms with Crippen molar-refractivity contribution in [3.63, 3.8) is 0 Å². The topological polar surface area (TPSA) is 78.4 Å². The molecule has 0 saturated carbocycles. The number of benzene rings is 2. The second-order valence-electron chi connectivity index (χ2n) is 7.62. The van der Waals surface area contributed by atoms with Gasteiger partial charge in [-0.05, 0) is 68.2 Å². The fraction of sp³-hybridized carbons (Fsp3) is 0.458. The Labute approximate surface area is 185 Å². The van der Waals surface area contributed by atoms with E-state index in [0.29, 0.717) is 12.3 Å². The predicted octanol–water partition coefficient (Wildman–Crippen LogP) is 3.30. The van der Waals surface area contributed by atoms with E-state index in [-0.39, 0.29) is 11.8 Å². The molecular formula is C24H34N4O3. The fourth-order valence-corrected chi connectivity index (χ4v) is 3.90. The first-order valence-corrected chi connectivity index (χ1v) is 10.9. The largest absolute Gasteiger partial charge is 0.504 e. The van der Waals surface area contributed by atoms with E-state index in [0.717, 1.165) is 43.5 Å². The number of nitrogens with one attached hydrogen (secondary N) is 2. The summed E-state index contributed by atoms with van der Waals surface area (Å²) in [6.07, 6.45) is 2.46. The Hall–Kier alpha value is -2.93. The summed E-state index contributed by atoms with van der Waals surface area (Å²) in [7, 11) is 3.24. The molecule has 3 N–H and O–H groups in total. The smallest absolute Gasteiger partial charge is 0.191 e. The molecule has 0 bridgehead atoms. The van der Waals surface area contributed by atoms with Crippen LogP contribution < -0.4 is 20.1 Å². The van der Waals surface area contributed by atoms with Crippen LogP contribution in [0, 0.1) is 0 Å². The van der Waals surface area contributed by atoms with Gasteiger partial charge in [0, 0.05) is 13.1 Å². The Morgan fingerprint density at radius 2 is 1.90 bits per heavy atom. The lowest BCUT2D eigenvalue weighted by molar-refractivity contribution is 0.245. The molecule has 31 heavy (non-hydrogen) atoms. The van der Waals surface area contributed by atoms with Crippen molar-refractivity contribution in [2.75, 3.05) is 40.4 Å². The van der Waals surface area contributed by atoms with Crippen molar-refractivity contribution < 1.29 is 14.6 Å². The van der Waals surface area contributed by atoms with Crippen molar-refractivity contribution in [3.05, 3.63) is 53.6 Å². The van der Waals surface area contributed by atoms with Crippen LogP contribution >= 0.6 is 0 Å². The minimum Gasteiger partial charge on any atom is -0.504 e. The average molecular weight is 427 g/mol. The summed E-state index contributed by atoms with van der Waals surface area (Å²) >= 11 is 0. The van der Waals surface area contributed by atoms with E-state index in [1.54, 1.807) is 26.4 Å². The highest BCUT2D eigenvalue weighted by Gasteiger charge is 2.24. The number of hydrogen-bond acceptors (Lipinski definition) is 5. The maximum absolute atomic E-state index is 10.0. The molecule has 0 spiro atoms. The Balaban J connectivity index is 1.71. The molecule has 3 rings (SSSR count). The minimum atomic E-state index is 0.125. The monoisotopic (exact) mass is 426 g/mol. The molecule has 2 aromatic rings. The number of phenols is 1. The van der Waals surface area contributed by atoms with Crippen molar-refractivity contribution in [3.8, 4) is 17.2 Å². The van der Waals surface area contributed by atoms with E-state index in [4.69, 9.17) is 14.5 Å². The highest BCUT2D eigenvalue weighted by molar-refractivity contribution is 5.79. The van der Waals surface area contributed by atoms with Crippen LogP contribution in [0.4, 0.5) is 0 Å². The highest BCUT2D eigenvalue weighted by Crippen LogP contribution is 2.28. The lowest BCUT2D eigenvalue weighted by Crippen LogP contribution is -2.42. The number of ether oxygens (including phenoxy) is 2. The van der Waals surface area contributed by atoms with Gasteiger partial charge in [0.05, 0.1) is 26.8 Å². The van der Waals surface area contributed by atoms with Crippen LogP contribution in [0.1, 0.15) is 36.9 Å². The molecule has 1 aliphatic heterocycles. The van der Waals surface area contributed by atoms with Crippen molar-refractivity contribution in [1.29, 1.82) is 0 Å². The molecule has 0 radical (unpaired) electrons. The number of aromatic hydroxyl groups is 1. The molecule has 0 aromatic heterocycles. The molecule has 2 aromatic carbocycles. The molecule has 1 atom stereocenters. The number of rotatable bonds is 9. The van der Waals surface area contributed by atoms with Crippen molar-refractivity contribution in [2.24, 2.45) is 4.99 Å². The van der Waals surface area contributed by atoms with Crippen LogP contribution in [0.5, 0.6) is 17.2 Å². The normalized spacial score (nSPS) is 15.5. The van der Waals surface area contributed by atoms with Gasteiger partial charge in [0.25, 0.3) is 0 Å². The van der Waals surface area contributed by atoms with E-state index in [9.17, 15) is 5.11 Å². The summed E-state index contributed by atoms with van der Waals surface area (Å²) in [6, 6.07) is 13.9. The van der Waals surface area contributed by atoms with Crippen LogP contribution in [-0.4, -0.2) is 56.4 Å². The minimum absolute atomic E-state index is 0.125. The van der Waals surface area contributed by atoms with Gasteiger partial charge in [0.1, 0.15) is 5.75 Å². The fourth-order valence-electron chi connectivity index (χ4n) is 3.90. The molecule has 1 fully saturated rings. The highest BCUT2D eigenvalue weighted by atomic mass is 16.5. The Morgan fingerprint density at radius 3 is 2.58 bits per heavy atom. The summed E-state index contributed by atoms with van der Waals surface area (Å²) < 4.78 is 10.6. The van der Waals surface area contributed by atoms with Crippen molar-refractivity contribution in [1.82, 2.24) is 15.5 Å². The lowest BCUT2D eigenvalue weighted by Gasteiger charge is -2.29. The van der Waals surface area contributed by atoms with Crippen LogP contribution in [0.15, 0.2) is 47.5 Å². The van der Waals surface area contributed by atoms with E-state index in [1.165, 1.54) is 18.4 Å². The first-order chi connectivity index (χ1) is 15.1. The van der Waals surface area contributed by atoms with Crippen LogP contribution in [0.3, 0.4) is 0 Å². The third-order valence-electron chi connectivity index (χ3n) is 5.53. The standard InChI is InChI=1S/C24H34N4O3/c1-4-25-24(26-16-18-10-11-23(31-3)22(29)14-18)27-17-21(28-12-5-6-13-28)19-8-7-9-20(15-19)30-2/h7-11,14-15,21,29H,4-6,12-13,16-17H2,1-3H3,(H2,25,26,27). The number of nitrogens with zero attached hydrogens (tertiary/aromatic N) is 2. The third-order valence-corrected chi connectivity index (χ3v) is 5.53. The molecule has 7 heteroatoms. The second-order valence-corrected chi connectivity index (χ2v) is 7.62. The van der Waals surface area contributed by atoms with Gasteiger partial charge >= 0.3 is 0 Å². The maximum atomic E-state index is 10.0. The number of phenolic OH excluding ortho intramolecular Hbond substituents is 1. The van der Waals surface area contributed by atoms with E-state index < -0.39 is 0 Å². The summed E-state index contributed by atoms with van der Waals surface area (Å²) in [6.45, 7) is 6.22. The van der Waals surface area contributed by atoms with Crippen molar-refractivity contribution in [2.45, 2.75) is 32.4 Å². The third kappa shape index (κ3) is 6.28. The summed E-state index contributed by atoms with van der Waals surface area (Å²) in [5.74, 6) is 2.22. The Bertz CT molecular complexity index is 866. The van der Waals surface area contributed by atoms with Gasteiger partial charge in [0.15, 0.2) is 17.5 Å². The van der Waals surface area contributed by atoms with Gasteiger partial charge in [-0.1, -0.05) is 18.2 Å². The Kier molecular flexibility index (Phi) is 8.41. The van der Waals surface area contributed by atoms with Gasteiger partial charge < -0.3 is 25.2 Å². The molecular weight excluding hydrogens is 392 g/mol. The molecule has 0 aliphatic carbocycles. The Morgan fingerprint density at radius 1 is 1.10 bits per heavy atom. The summed E-state index contributed by atoms with van der Waals surface area (Å²) in [5, 5.41) is 16.8. The number of hydrogen-bond donors (Lipinski definition) is 3. The number of likely N-dealkylation sites (tertiary alicyclic amines) is 1. The molecule has 168 valence electrons. The van der Waals surface area contributed by atoms with E-state index >= 15 is 0 Å². The van der Waals surface area contributed by atoms with Gasteiger partial charge in [-0.2, -0.15) is 0 Å².